The van der Waals surface area contributed by atoms with Gasteiger partial charge in [-0.25, -0.2) is 9.59 Å². The molecule has 124 valence electrons. The van der Waals surface area contributed by atoms with Crippen LogP contribution in [0.1, 0.15) is 16.8 Å². The molecule has 3 unspecified atom stereocenters. The second-order valence-corrected chi connectivity index (χ2v) is 4.99. The van der Waals surface area contributed by atoms with Crippen molar-refractivity contribution >= 4 is 11.9 Å². The van der Waals surface area contributed by atoms with Crippen molar-refractivity contribution in [2.24, 2.45) is 0 Å². The van der Waals surface area contributed by atoms with E-state index in [4.69, 9.17) is 9.84 Å². The molecule has 1 aliphatic carbocycles. The molecule has 0 spiro atoms. The van der Waals surface area contributed by atoms with Crippen LogP contribution in [0.5, 0.6) is 17.2 Å². The van der Waals surface area contributed by atoms with Crippen LogP contribution in [0.25, 0.3) is 0 Å². The van der Waals surface area contributed by atoms with Crippen LogP contribution in [0.2, 0.25) is 0 Å². The summed E-state index contributed by atoms with van der Waals surface area (Å²) in [4.78, 5) is 22.8. The number of aliphatic hydroxyl groups is 2. The first-order valence-corrected chi connectivity index (χ1v) is 6.46. The van der Waals surface area contributed by atoms with Gasteiger partial charge in [0.05, 0.1) is 11.7 Å². The topological polar surface area (TPSA) is 165 Å². The molecule has 0 saturated heterocycles. The molecule has 0 aliphatic heterocycles. The van der Waals surface area contributed by atoms with Gasteiger partial charge in [0.15, 0.2) is 23.4 Å². The van der Waals surface area contributed by atoms with E-state index >= 15 is 0 Å². The zero-order valence-electron chi connectivity index (χ0n) is 11.6. The smallest absolute Gasteiger partial charge is 0.338 e. The van der Waals surface area contributed by atoms with Gasteiger partial charge >= 0.3 is 11.9 Å². The van der Waals surface area contributed by atoms with Crippen LogP contribution in [0.4, 0.5) is 0 Å². The number of aliphatic hydroxyl groups excluding tert-OH is 2. The Kier molecular flexibility index (Phi) is 4.43. The van der Waals surface area contributed by atoms with E-state index in [9.17, 15) is 35.1 Å². The van der Waals surface area contributed by atoms with Gasteiger partial charge in [0, 0.05) is 12.0 Å². The molecule has 1 aromatic rings. The highest BCUT2D eigenvalue weighted by Gasteiger charge is 2.36. The fourth-order valence-electron chi connectivity index (χ4n) is 2.16. The number of carboxylic acids is 1. The molecule has 0 aromatic heterocycles. The van der Waals surface area contributed by atoms with Crippen LogP contribution < -0.4 is 0 Å². The fourth-order valence-corrected chi connectivity index (χ4v) is 2.16. The van der Waals surface area contributed by atoms with E-state index in [-0.39, 0.29) is 17.6 Å². The summed E-state index contributed by atoms with van der Waals surface area (Å²) in [5.41, 5.74) is -0.539. The van der Waals surface area contributed by atoms with Crippen molar-refractivity contribution in [2.45, 2.75) is 24.7 Å². The normalized spacial score (nSPS) is 23.9. The summed E-state index contributed by atoms with van der Waals surface area (Å²) in [6, 6.07) is 1.66. The van der Waals surface area contributed by atoms with Crippen LogP contribution in [-0.2, 0) is 9.53 Å². The molecule has 0 saturated carbocycles. The third-order valence-electron chi connectivity index (χ3n) is 3.34. The Bertz CT molecular complexity index is 656. The minimum atomic E-state index is -1.53. The van der Waals surface area contributed by atoms with E-state index in [2.05, 4.69) is 0 Å². The Labute approximate surface area is 129 Å². The highest BCUT2D eigenvalue weighted by molar-refractivity contribution is 5.91. The van der Waals surface area contributed by atoms with Crippen LogP contribution in [0.3, 0.4) is 0 Å². The number of hydrogen-bond donors (Lipinski definition) is 6. The molecule has 0 bridgehead atoms. The zero-order valence-corrected chi connectivity index (χ0v) is 11.6. The van der Waals surface area contributed by atoms with E-state index in [0.29, 0.717) is 0 Å². The first-order chi connectivity index (χ1) is 10.7. The second-order valence-electron chi connectivity index (χ2n) is 4.99. The van der Waals surface area contributed by atoms with Gasteiger partial charge in [-0.05, 0) is 18.2 Å². The summed E-state index contributed by atoms with van der Waals surface area (Å²) >= 11 is 0. The molecule has 1 aliphatic rings. The Balaban J connectivity index is 2.19. The number of aromatic hydroxyl groups is 3. The summed E-state index contributed by atoms with van der Waals surface area (Å²) in [6.45, 7) is 0. The molecule has 3 atom stereocenters. The zero-order chi connectivity index (χ0) is 17.3. The number of ether oxygens (including phenoxy) is 1. The number of aliphatic carboxylic acids is 1. The Morgan fingerprint density at radius 1 is 1.09 bits per heavy atom. The van der Waals surface area contributed by atoms with Crippen LogP contribution in [-0.4, -0.2) is 60.9 Å². The molecule has 0 heterocycles. The maximum absolute atomic E-state index is 11.9. The Morgan fingerprint density at radius 2 is 1.65 bits per heavy atom. The first-order valence-electron chi connectivity index (χ1n) is 6.46. The maximum atomic E-state index is 11.9. The number of carbonyl (C=O) groups is 2. The van der Waals surface area contributed by atoms with Gasteiger partial charge in [-0.15, -0.1) is 0 Å². The molecule has 0 amide bonds. The molecule has 9 nitrogen and oxygen atoms in total. The molecule has 2 rings (SSSR count). The molecule has 9 heteroatoms. The largest absolute Gasteiger partial charge is 0.504 e. The molecule has 0 fully saturated rings. The minimum Gasteiger partial charge on any atom is -0.504 e. The van der Waals surface area contributed by atoms with Gasteiger partial charge in [-0.1, -0.05) is 0 Å². The maximum Gasteiger partial charge on any atom is 0.338 e. The SMILES string of the molecule is O=C(O)C1=CC(O)C(OC(=O)c2cc(O)c(O)c(O)c2)C(O)C1. The minimum absolute atomic E-state index is 0.211. The summed E-state index contributed by atoms with van der Waals surface area (Å²) in [5, 5.41) is 56.3. The highest BCUT2D eigenvalue weighted by Crippen LogP contribution is 2.35. The number of benzene rings is 1. The molecule has 23 heavy (non-hydrogen) atoms. The predicted octanol–water partition coefficient (Wildman–Crippen LogP) is -0.535. The van der Waals surface area contributed by atoms with Gasteiger partial charge in [0.2, 0.25) is 0 Å². The average Bonchev–Trinajstić information content (AvgIpc) is 2.47. The Morgan fingerprint density at radius 3 is 2.13 bits per heavy atom. The highest BCUT2D eigenvalue weighted by atomic mass is 16.6. The third-order valence-corrected chi connectivity index (χ3v) is 3.34. The van der Waals surface area contributed by atoms with Crippen LogP contribution in [0, 0.1) is 0 Å². The van der Waals surface area contributed by atoms with Gasteiger partial charge in [0.25, 0.3) is 0 Å². The molecule has 6 N–H and O–H groups in total. The van der Waals surface area contributed by atoms with Crippen molar-refractivity contribution in [3.05, 3.63) is 29.3 Å². The van der Waals surface area contributed by atoms with Crippen molar-refractivity contribution < 1.29 is 45.0 Å². The summed E-state index contributed by atoms with van der Waals surface area (Å²) in [5.74, 6) is -4.72. The molecular weight excluding hydrogens is 312 g/mol. The van der Waals surface area contributed by atoms with Crippen molar-refractivity contribution in [1.29, 1.82) is 0 Å². The number of esters is 1. The van der Waals surface area contributed by atoms with E-state index in [0.717, 1.165) is 18.2 Å². The lowest BCUT2D eigenvalue weighted by Crippen LogP contribution is -2.44. The predicted molar refractivity (Wildman–Crippen MR) is 73.0 cm³/mol. The number of carboxylic acid groups (broad SMARTS) is 1. The second kappa shape index (κ2) is 6.15. The summed E-state index contributed by atoms with van der Waals surface area (Å²) < 4.78 is 4.90. The number of rotatable bonds is 3. The molecular formula is C14H14O9. The van der Waals surface area contributed by atoms with E-state index in [1.807, 2.05) is 0 Å². The lowest BCUT2D eigenvalue weighted by molar-refractivity contribution is -0.134. The average molecular weight is 326 g/mol. The van der Waals surface area contributed by atoms with Crippen molar-refractivity contribution in [1.82, 2.24) is 0 Å². The summed E-state index contributed by atoms with van der Waals surface area (Å²) in [7, 11) is 0. The lowest BCUT2D eigenvalue weighted by Gasteiger charge is -2.30. The monoisotopic (exact) mass is 326 g/mol. The van der Waals surface area contributed by atoms with Crippen molar-refractivity contribution in [2.75, 3.05) is 0 Å². The van der Waals surface area contributed by atoms with Crippen molar-refractivity contribution in [3.8, 4) is 17.2 Å². The van der Waals surface area contributed by atoms with Gasteiger partial charge in [-0.3, -0.25) is 0 Å². The quantitative estimate of drug-likeness (QED) is 0.316. The van der Waals surface area contributed by atoms with Crippen molar-refractivity contribution in [3.63, 3.8) is 0 Å². The van der Waals surface area contributed by atoms with Crippen LogP contribution >= 0.6 is 0 Å². The van der Waals surface area contributed by atoms with E-state index in [1.165, 1.54) is 0 Å². The molecule has 0 radical (unpaired) electrons. The number of phenols is 3. The summed E-state index contributed by atoms with van der Waals surface area (Å²) in [6.07, 6.45) is -3.75. The van der Waals surface area contributed by atoms with Crippen LogP contribution in [0.15, 0.2) is 23.8 Å². The van der Waals surface area contributed by atoms with Gasteiger partial charge in [0.1, 0.15) is 6.10 Å². The fraction of sp³-hybridized carbons (Fsp3) is 0.286. The number of carbonyl (C=O) groups excluding carboxylic acids is 1. The van der Waals surface area contributed by atoms with Gasteiger partial charge < -0.3 is 35.4 Å². The van der Waals surface area contributed by atoms with E-state index in [1.54, 1.807) is 0 Å². The first kappa shape index (κ1) is 16.6. The number of hydrogen-bond acceptors (Lipinski definition) is 8. The standard InChI is InChI=1S/C14H14O9/c15-7-3-6(4-8(16)11(7)19)14(22)23-12-9(17)1-5(13(20)21)2-10(12)18/h1,3-4,9-10,12,15-19H,2H2,(H,20,21). The molecule has 1 aromatic carbocycles. The van der Waals surface area contributed by atoms with Gasteiger partial charge in [-0.2, -0.15) is 0 Å². The Hall–Kier alpha value is -2.78. The number of phenolic OH excluding ortho intramolecular Hbond substituents is 3. The van der Waals surface area contributed by atoms with E-state index < -0.39 is 47.5 Å². The third kappa shape index (κ3) is 3.35. The lowest BCUT2D eigenvalue weighted by atomic mass is 9.92.